The van der Waals surface area contributed by atoms with E-state index < -0.39 is 0 Å². The van der Waals surface area contributed by atoms with Crippen LogP contribution in [0.3, 0.4) is 0 Å². The van der Waals surface area contributed by atoms with E-state index in [0.29, 0.717) is 23.4 Å². The van der Waals surface area contributed by atoms with Crippen molar-refractivity contribution in [2.45, 2.75) is 26.7 Å². The standard InChI is InChI=1S/C20H23N3O2S/c1-3-4-13-21-18(24)15-9-11-16(12-10-15)22-20(26)23-19(25)17-8-6-5-7-14(17)2/h5-12H,3-4,13H2,1-2H3,(H,21,24)(H2,22,23,25,26). The maximum atomic E-state index is 12.2. The summed E-state index contributed by atoms with van der Waals surface area (Å²) in [6, 6.07) is 14.2. The highest BCUT2D eigenvalue weighted by Crippen LogP contribution is 2.10. The van der Waals surface area contributed by atoms with E-state index >= 15 is 0 Å². The lowest BCUT2D eigenvalue weighted by Crippen LogP contribution is -2.34. The molecule has 2 aromatic rings. The highest BCUT2D eigenvalue weighted by Gasteiger charge is 2.10. The summed E-state index contributed by atoms with van der Waals surface area (Å²) in [7, 11) is 0. The zero-order valence-electron chi connectivity index (χ0n) is 15.0. The number of carbonyl (C=O) groups is 2. The van der Waals surface area contributed by atoms with Gasteiger partial charge in [-0.1, -0.05) is 31.5 Å². The topological polar surface area (TPSA) is 70.2 Å². The number of unbranched alkanes of at least 4 members (excludes halogenated alkanes) is 1. The van der Waals surface area contributed by atoms with Gasteiger partial charge in [-0.05, 0) is 61.5 Å². The number of amides is 2. The molecule has 5 nitrogen and oxygen atoms in total. The molecule has 26 heavy (non-hydrogen) atoms. The maximum absolute atomic E-state index is 12.2. The van der Waals surface area contributed by atoms with Gasteiger partial charge in [-0.25, -0.2) is 0 Å². The molecule has 0 saturated heterocycles. The molecular formula is C20H23N3O2S. The van der Waals surface area contributed by atoms with Crippen molar-refractivity contribution in [2.75, 3.05) is 11.9 Å². The van der Waals surface area contributed by atoms with Gasteiger partial charge >= 0.3 is 0 Å². The first-order valence-corrected chi connectivity index (χ1v) is 8.98. The third-order valence-electron chi connectivity index (χ3n) is 3.84. The van der Waals surface area contributed by atoms with Crippen LogP contribution in [0.5, 0.6) is 0 Å². The first-order chi connectivity index (χ1) is 12.5. The van der Waals surface area contributed by atoms with Gasteiger partial charge in [0.05, 0.1) is 0 Å². The summed E-state index contributed by atoms with van der Waals surface area (Å²) < 4.78 is 0. The van der Waals surface area contributed by atoms with Gasteiger partial charge in [0.2, 0.25) is 0 Å². The number of thiocarbonyl (C=S) groups is 1. The molecule has 0 aliphatic rings. The molecule has 0 saturated carbocycles. The molecule has 0 atom stereocenters. The SMILES string of the molecule is CCCCNC(=O)c1ccc(NC(=S)NC(=O)c2ccccc2C)cc1. The van der Waals surface area contributed by atoms with Crippen LogP contribution in [0.1, 0.15) is 46.0 Å². The molecule has 2 aromatic carbocycles. The smallest absolute Gasteiger partial charge is 0.257 e. The van der Waals surface area contributed by atoms with Crippen LogP contribution >= 0.6 is 12.2 Å². The van der Waals surface area contributed by atoms with Crippen LogP contribution in [0.15, 0.2) is 48.5 Å². The number of hydrogen-bond acceptors (Lipinski definition) is 3. The Hall–Kier alpha value is -2.73. The number of hydrogen-bond donors (Lipinski definition) is 3. The Bertz CT molecular complexity index is 788. The molecule has 6 heteroatoms. The van der Waals surface area contributed by atoms with E-state index in [0.717, 1.165) is 18.4 Å². The Morgan fingerprint density at radius 1 is 1.00 bits per heavy atom. The quantitative estimate of drug-likeness (QED) is 0.537. The van der Waals surface area contributed by atoms with E-state index in [9.17, 15) is 9.59 Å². The van der Waals surface area contributed by atoms with Crippen molar-refractivity contribution in [3.63, 3.8) is 0 Å². The average Bonchev–Trinajstić information content (AvgIpc) is 2.62. The second-order valence-corrected chi connectivity index (χ2v) is 6.32. The van der Waals surface area contributed by atoms with Crippen molar-refractivity contribution in [1.82, 2.24) is 10.6 Å². The summed E-state index contributed by atoms with van der Waals surface area (Å²) in [6.45, 7) is 4.62. The molecule has 0 aromatic heterocycles. The summed E-state index contributed by atoms with van der Waals surface area (Å²) in [5, 5.41) is 8.68. The third-order valence-corrected chi connectivity index (χ3v) is 4.04. The summed E-state index contributed by atoms with van der Waals surface area (Å²) in [6.07, 6.45) is 2.00. The molecule has 3 N–H and O–H groups in total. The fraction of sp³-hybridized carbons (Fsp3) is 0.250. The van der Waals surface area contributed by atoms with Crippen LogP contribution in [0.25, 0.3) is 0 Å². The van der Waals surface area contributed by atoms with E-state index in [1.54, 1.807) is 30.3 Å². The lowest BCUT2D eigenvalue weighted by molar-refractivity contribution is 0.0950. The third kappa shape index (κ3) is 5.67. The van der Waals surface area contributed by atoms with E-state index in [1.165, 1.54) is 0 Å². The van der Waals surface area contributed by atoms with E-state index in [4.69, 9.17) is 12.2 Å². The number of anilines is 1. The number of carbonyl (C=O) groups excluding carboxylic acids is 2. The molecule has 0 bridgehead atoms. The predicted octanol–water partition coefficient (Wildman–Crippen LogP) is 3.65. The summed E-state index contributed by atoms with van der Waals surface area (Å²) in [5.74, 6) is -0.354. The minimum atomic E-state index is -0.257. The lowest BCUT2D eigenvalue weighted by atomic mass is 10.1. The molecule has 0 unspecified atom stereocenters. The fourth-order valence-electron chi connectivity index (χ4n) is 2.35. The fourth-order valence-corrected chi connectivity index (χ4v) is 2.56. The Balaban J connectivity index is 1.90. The molecule has 2 amide bonds. The average molecular weight is 369 g/mol. The van der Waals surface area contributed by atoms with Crippen molar-refractivity contribution in [2.24, 2.45) is 0 Å². The Morgan fingerprint density at radius 2 is 1.69 bits per heavy atom. The van der Waals surface area contributed by atoms with Crippen molar-refractivity contribution in [3.05, 3.63) is 65.2 Å². The molecular weight excluding hydrogens is 346 g/mol. The van der Waals surface area contributed by atoms with Gasteiger partial charge < -0.3 is 10.6 Å². The van der Waals surface area contributed by atoms with Crippen molar-refractivity contribution >= 4 is 34.8 Å². The number of benzene rings is 2. The Morgan fingerprint density at radius 3 is 2.35 bits per heavy atom. The van der Waals surface area contributed by atoms with Crippen LogP contribution in [-0.4, -0.2) is 23.5 Å². The van der Waals surface area contributed by atoms with Gasteiger partial charge in [-0.2, -0.15) is 0 Å². The Kier molecular flexibility index (Phi) is 7.29. The first-order valence-electron chi connectivity index (χ1n) is 8.57. The van der Waals surface area contributed by atoms with Gasteiger partial charge in [-0.15, -0.1) is 0 Å². The van der Waals surface area contributed by atoms with Crippen molar-refractivity contribution < 1.29 is 9.59 Å². The number of aryl methyl sites for hydroxylation is 1. The van der Waals surface area contributed by atoms with Gasteiger partial charge in [0.1, 0.15) is 0 Å². The zero-order valence-corrected chi connectivity index (χ0v) is 15.8. The summed E-state index contributed by atoms with van der Waals surface area (Å²) >= 11 is 5.19. The number of rotatable bonds is 6. The maximum Gasteiger partial charge on any atom is 0.257 e. The lowest BCUT2D eigenvalue weighted by Gasteiger charge is -2.11. The van der Waals surface area contributed by atoms with Crippen molar-refractivity contribution in [1.29, 1.82) is 0 Å². The van der Waals surface area contributed by atoms with Crippen LogP contribution in [0.4, 0.5) is 5.69 Å². The highest BCUT2D eigenvalue weighted by atomic mass is 32.1. The van der Waals surface area contributed by atoms with Gasteiger partial charge in [0, 0.05) is 23.4 Å². The molecule has 136 valence electrons. The minimum absolute atomic E-state index is 0.0968. The minimum Gasteiger partial charge on any atom is -0.352 e. The van der Waals surface area contributed by atoms with Gasteiger partial charge in [0.15, 0.2) is 5.11 Å². The van der Waals surface area contributed by atoms with E-state index in [-0.39, 0.29) is 16.9 Å². The first kappa shape index (κ1) is 19.6. The van der Waals surface area contributed by atoms with Crippen LogP contribution in [0.2, 0.25) is 0 Å². The molecule has 2 rings (SSSR count). The normalized spacial score (nSPS) is 10.1. The molecule has 0 aliphatic heterocycles. The molecule has 0 spiro atoms. The second-order valence-electron chi connectivity index (χ2n) is 5.91. The van der Waals surface area contributed by atoms with E-state index in [1.807, 2.05) is 25.1 Å². The monoisotopic (exact) mass is 369 g/mol. The molecule has 0 fully saturated rings. The van der Waals surface area contributed by atoms with Gasteiger partial charge in [-0.3, -0.25) is 14.9 Å². The Labute approximate surface area is 159 Å². The largest absolute Gasteiger partial charge is 0.352 e. The number of nitrogens with one attached hydrogen (secondary N) is 3. The van der Waals surface area contributed by atoms with Crippen molar-refractivity contribution in [3.8, 4) is 0 Å². The summed E-state index contributed by atoms with van der Waals surface area (Å²) in [4.78, 5) is 24.2. The van der Waals surface area contributed by atoms with Gasteiger partial charge in [0.25, 0.3) is 11.8 Å². The molecule has 0 aliphatic carbocycles. The zero-order chi connectivity index (χ0) is 18.9. The van der Waals surface area contributed by atoms with Crippen LogP contribution in [0, 0.1) is 6.92 Å². The van der Waals surface area contributed by atoms with Crippen LogP contribution < -0.4 is 16.0 Å². The summed E-state index contributed by atoms with van der Waals surface area (Å²) in [5.41, 5.74) is 2.74. The predicted molar refractivity (Wildman–Crippen MR) is 109 cm³/mol. The van der Waals surface area contributed by atoms with E-state index in [2.05, 4.69) is 22.9 Å². The molecule has 0 heterocycles. The highest BCUT2D eigenvalue weighted by molar-refractivity contribution is 7.80. The van der Waals surface area contributed by atoms with Crippen LogP contribution in [-0.2, 0) is 0 Å². The second kappa shape index (κ2) is 9.68. The molecule has 0 radical (unpaired) electrons.